The average Bonchev–Trinajstić information content (AvgIpc) is 2.29. The summed E-state index contributed by atoms with van der Waals surface area (Å²) >= 11 is 6.95. The smallest absolute Gasteiger partial charge is 0.139 e. The highest BCUT2D eigenvalue weighted by Crippen LogP contribution is 2.21. The molecule has 2 rings (SSSR count). The Labute approximate surface area is 111 Å². The van der Waals surface area contributed by atoms with Crippen LogP contribution in [0.4, 0.5) is 0 Å². The average molecular weight is 262 g/mol. The number of nitrogens with one attached hydrogen (secondary N) is 1. The molecule has 17 heavy (non-hydrogen) atoms. The monoisotopic (exact) mass is 262 g/mol. The molecule has 0 radical (unpaired) electrons. The van der Waals surface area contributed by atoms with Crippen LogP contribution in [0.15, 0.2) is 35.2 Å². The van der Waals surface area contributed by atoms with Gasteiger partial charge in [-0.25, -0.2) is 4.98 Å². The van der Waals surface area contributed by atoms with Gasteiger partial charge >= 0.3 is 0 Å². The van der Waals surface area contributed by atoms with E-state index in [4.69, 9.17) is 12.2 Å². The number of hydrogen-bond acceptors (Lipinski definition) is 3. The highest BCUT2D eigenvalue weighted by molar-refractivity contribution is 7.99. The van der Waals surface area contributed by atoms with Crippen molar-refractivity contribution in [2.24, 2.45) is 0 Å². The summed E-state index contributed by atoms with van der Waals surface area (Å²) in [5, 5.41) is 0. The van der Waals surface area contributed by atoms with E-state index in [2.05, 4.69) is 41.2 Å². The zero-order chi connectivity index (χ0) is 12.3. The molecule has 2 nitrogen and oxygen atoms in total. The van der Waals surface area contributed by atoms with Gasteiger partial charge in [-0.3, -0.25) is 0 Å². The molecule has 1 aromatic heterocycles. The Hall–Kier alpha value is -1.13. The minimum Gasteiger partial charge on any atom is -0.343 e. The molecular formula is C13H14N2S2. The molecule has 0 atom stereocenters. The lowest BCUT2D eigenvalue weighted by molar-refractivity contribution is 1.10. The highest BCUT2D eigenvalue weighted by atomic mass is 32.2. The number of aromatic nitrogens is 2. The highest BCUT2D eigenvalue weighted by Gasteiger charge is 2.01. The Morgan fingerprint density at radius 1 is 1.29 bits per heavy atom. The van der Waals surface area contributed by atoms with Gasteiger partial charge in [-0.2, -0.15) is 0 Å². The third kappa shape index (κ3) is 3.17. The Balaban J connectivity index is 2.36. The molecule has 0 aliphatic rings. The first kappa shape index (κ1) is 12.3. The summed E-state index contributed by atoms with van der Waals surface area (Å²) in [5.41, 5.74) is 2.10. The van der Waals surface area contributed by atoms with Gasteiger partial charge in [0.25, 0.3) is 0 Å². The van der Waals surface area contributed by atoms with E-state index in [1.807, 2.05) is 24.8 Å². The first-order chi connectivity index (χ1) is 8.19. The van der Waals surface area contributed by atoms with Crippen LogP contribution in [0.1, 0.15) is 12.6 Å². The van der Waals surface area contributed by atoms with Gasteiger partial charge in [-0.1, -0.05) is 31.3 Å². The van der Waals surface area contributed by atoms with Gasteiger partial charge in [0.1, 0.15) is 10.5 Å². The molecule has 0 aliphatic carbocycles. The quantitative estimate of drug-likeness (QED) is 0.663. The van der Waals surface area contributed by atoms with Crippen LogP contribution in [0.2, 0.25) is 0 Å². The SMILES string of the molecule is CCSc1ccc(-c2nc(=S)cc(C)[nH]2)cc1. The van der Waals surface area contributed by atoms with Crippen LogP contribution in [-0.4, -0.2) is 15.7 Å². The van der Waals surface area contributed by atoms with Crippen molar-refractivity contribution in [3.05, 3.63) is 40.7 Å². The van der Waals surface area contributed by atoms with Crippen LogP contribution < -0.4 is 0 Å². The molecule has 0 spiro atoms. The molecule has 0 saturated carbocycles. The second-order valence-electron chi connectivity index (χ2n) is 3.71. The Morgan fingerprint density at radius 3 is 2.59 bits per heavy atom. The topological polar surface area (TPSA) is 28.7 Å². The number of thioether (sulfide) groups is 1. The van der Waals surface area contributed by atoms with Crippen molar-refractivity contribution in [3.63, 3.8) is 0 Å². The minimum atomic E-state index is 0.628. The van der Waals surface area contributed by atoms with Gasteiger partial charge in [-0.15, -0.1) is 11.8 Å². The van der Waals surface area contributed by atoms with Gasteiger partial charge in [0.2, 0.25) is 0 Å². The van der Waals surface area contributed by atoms with Crippen molar-refractivity contribution in [1.29, 1.82) is 0 Å². The number of benzene rings is 1. The molecule has 88 valence electrons. The fraction of sp³-hybridized carbons (Fsp3) is 0.231. The molecule has 0 bridgehead atoms. The number of aromatic amines is 1. The molecule has 1 heterocycles. The molecule has 2 aromatic rings. The fourth-order valence-electron chi connectivity index (χ4n) is 1.59. The molecule has 4 heteroatoms. The molecule has 0 amide bonds. The maximum atomic E-state index is 5.12. The van der Waals surface area contributed by atoms with E-state index < -0.39 is 0 Å². The molecular weight excluding hydrogens is 248 g/mol. The summed E-state index contributed by atoms with van der Waals surface area (Å²) in [6.07, 6.45) is 0. The molecule has 0 unspecified atom stereocenters. The zero-order valence-electron chi connectivity index (χ0n) is 9.86. The van der Waals surface area contributed by atoms with Gasteiger partial charge in [0.05, 0.1) is 0 Å². The summed E-state index contributed by atoms with van der Waals surface area (Å²) in [6.45, 7) is 4.14. The lowest BCUT2D eigenvalue weighted by Crippen LogP contribution is -1.91. The third-order valence-electron chi connectivity index (χ3n) is 2.32. The summed E-state index contributed by atoms with van der Waals surface area (Å²) in [4.78, 5) is 8.84. The first-order valence-corrected chi connectivity index (χ1v) is 6.89. The van der Waals surface area contributed by atoms with E-state index in [9.17, 15) is 0 Å². The maximum Gasteiger partial charge on any atom is 0.139 e. The zero-order valence-corrected chi connectivity index (χ0v) is 11.5. The van der Waals surface area contributed by atoms with Gasteiger partial charge < -0.3 is 4.98 Å². The van der Waals surface area contributed by atoms with Crippen LogP contribution >= 0.6 is 24.0 Å². The standard InChI is InChI=1S/C13H14N2S2/c1-3-17-11-6-4-10(5-7-11)13-14-9(2)8-12(16)15-13/h4-8H,3H2,1-2H3,(H,14,15,16). The van der Waals surface area contributed by atoms with Crippen molar-refractivity contribution in [2.45, 2.75) is 18.7 Å². The first-order valence-electron chi connectivity index (χ1n) is 5.50. The van der Waals surface area contributed by atoms with Crippen LogP contribution in [0.5, 0.6) is 0 Å². The number of rotatable bonds is 3. The van der Waals surface area contributed by atoms with Crippen molar-refractivity contribution >= 4 is 24.0 Å². The van der Waals surface area contributed by atoms with E-state index in [1.54, 1.807) is 0 Å². The van der Waals surface area contributed by atoms with E-state index in [-0.39, 0.29) is 0 Å². The van der Waals surface area contributed by atoms with E-state index in [1.165, 1.54) is 4.90 Å². The second kappa shape index (κ2) is 5.47. The second-order valence-corrected chi connectivity index (χ2v) is 5.46. The number of hydrogen-bond donors (Lipinski definition) is 1. The summed E-state index contributed by atoms with van der Waals surface area (Å²) < 4.78 is 0.628. The molecule has 0 fully saturated rings. The van der Waals surface area contributed by atoms with Crippen LogP contribution in [0.25, 0.3) is 11.4 Å². The normalized spacial score (nSPS) is 10.5. The van der Waals surface area contributed by atoms with Gasteiger partial charge in [-0.05, 0) is 30.9 Å². The predicted octanol–water partition coefficient (Wildman–Crippen LogP) is 4.23. The van der Waals surface area contributed by atoms with Crippen LogP contribution in [0, 0.1) is 11.6 Å². The largest absolute Gasteiger partial charge is 0.343 e. The van der Waals surface area contributed by atoms with E-state index in [0.717, 1.165) is 22.8 Å². The Bertz CT molecular complexity index is 558. The summed E-state index contributed by atoms with van der Waals surface area (Å²) in [6, 6.07) is 10.2. The van der Waals surface area contributed by atoms with Crippen molar-refractivity contribution < 1.29 is 0 Å². The number of aryl methyl sites for hydroxylation is 1. The number of nitrogens with zero attached hydrogens (tertiary/aromatic N) is 1. The predicted molar refractivity (Wildman–Crippen MR) is 76.0 cm³/mol. The third-order valence-corrected chi connectivity index (χ3v) is 3.42. The Morgan fingerprint density at radius 2 is 2.00 bits per heavy atom. The molecule has 0 aliphatic heterocycles. The fourth-order valence-corrected chi connectivity index (χ4v) is 2.52. The van der Waals surface area contributed by atoms with Gasteiger partial charge in [0.15, 0.2) is 0 Å². The van der Waals surface area contributed by atoms with Crippen LogP contribution in [-0.2, 0) is 0 Å². The minimum absolute atomic E-state index is 0.628. The summed E-state index contributed by atoms with van der Waals surface area (Å²) in [5.74, 6) is 1.92. The lowest BCUT2D eigenvalue weighted by Gasteiger charge is -2.04. The van der Waals surface area contributed by atoms with Crippen molar-refractivity contribution in [1.82, 2.24) is 9.97 Å². The van der Waals surface area contributed by atoms with E-state index >= 15 is 0 Å². The molecule has 0 saturated heterocycles. The van der Waals surface area contributed by atoms with Crippen molar-refractivity contribution in [3.8, 4) is 11.4 Å². The van der Waals surface area contributed by atoms with Crippen molar-refractivity contribution in [2.75, 3.05) is 5.75 Å². The van der Waals surface area contributed by atoms with E-state index in [0.29, 0.717) is 4.64 Å². The summed E-state index contributed by atoms with van der Waals surface area (Å²) in [7, 11) is 0. The number of H-pyrrole nitrogens is 1. The van der Waals surface area contributed by atoms with Crippen LogP contribution in [0.3, 0.4) is 0 Å². The Kier molecular flexibility index (Phi) is 3.97. The lowest BCUT2D eigenvalue weighted by atomic mass is 10.2. The van der Waals surface area contributed by atoms with Gasteiger partial charge in [0, 0.05) is 16.2 Å². The maximum absolute atomic E-state index is 5.12. The molecule has 1 aromatic carbocycles. The molecule has 1 N–H and O–H groups in total.